The Bertz CT molecular complexity index is 218. The molecule has 2 unspecified atom stereocenters. The molecule has 2 aliphatic rings. The van der Waals surface area contributed by atoms with Crippen molar-refractivity contribution in [3.63, 3.8) is 0 Å². The van der Waals surface area contributed by atoms with E-state index < -0.39 is 0 Å². The molecule has 2 nitrogen and oxygen atoms in total. The summed E-state index contributed by atoms with van der Waals surface area (Å²) in [6.07, 6.45) is 3.66. The van der Waals surface area contributed by atoms with Crippen molar-refractivity contribution in [2.45, 2.75) is 25.9 Å². The van der Waals surface area contributed by atoms with Gasteiger partial charge in [-0.15, -0.1) is 0 Å². The van der Waals surface area contributed by atoms with E-state index in [0.29, 0.717) is 24.5 Å². The molecule has 1 heterocycles. The average molecular weight is 152 g/mol. The molecule has 0 spiro atoms. The third kappa shape index (κ3) is 1.02. The molecule has 60 valence electrons. The molecule has 0 N–H and O–H groups in total. The second kappa shape index (κ2) is 2.45. The summed E-state index contributed by atoms with van der Waals surface area (Å²) in [6.45, 7) is 2.77. The van der Waals surface area contributed by atoms with Crippen LogP contribution in [0.1, 0.15) is 19.8 Å². The van der Waals surface area contributed by atoms with Gasteiger partial charge in [-0.25, -0.2) is 0 Å². The molecule has 11 heavy (non-hydrogen) atoms. The van der Waals surface area contributed by atoms with Crippen molar-refractivity contribution in [2.24, 2.45) is 5.92 Å². The van der Waals surface area contributed by atoms with Crippen molar-refractivity contribution in [1.82, 2.24) is 0 Å². The number of carbonyl (C=O) groups excluding carboxylic acids is 1. The molecule has 0 aromatic heterocycles. The molecule has 2 atom stereocenters. The third-order valence-electron chi connectivity index (χ3n) is 2.64. The minimum absolute atomic E-state index is 0.216. The minimum atomic E-state index is 0.216. The van der Waals surface area contributed by atoms with Crippen LogP contribution >= 0.6 is 0 Å². The maximum absolute atomic E-state index is 11.0. The van der Waals surface area contributed by atoms with Crippen molar-refractivity contribution in [3.8, 4) is 0 Å². The minimum Gasteiger partial charge on any atom is -0.373 e. The van der Waals surface area contributed by atoms with E-state index in [2.05, 4.69) is 6.08 Å². The quantitative estimate of drug-likeness (QED) is 0.489. The highest BCUT2D eigenvalue weighted by Crippen LogP contribution is 2.37. The van der Waals surface area contributed by atoms with E-state index in [-0.39, 0.29) is 6.10 Å². The molecule has 0 amide bonds. The Balaban J connectivity index is 2.19. The largest absolute Gasteiger partial charge is 0.373 e. The van der Waals surface area contributed by atoms with E-state index in [1.165, 1.54) is 5.57 Å². The fourth-order valence-corrected chi connectivity index (χ4v) is 1.98. The van der Waals surface area contributed by atoms with Crippen LogP contribution in [0.5, 0.6) is 0 Å². The predicted molar refractivity (Wildman–Crippen MR) is 41.2 cm³/mol. The molecule has 1 aliphatic carbocycles. The number of allylic oxidation sites excluding steroid dienone is 1. The summed E-state index contributed by atoms with van der Waals surface area (Å²) in [6, 6.07) is 0. The van der Waals surface area contributed by atoms with E-state index >= 15 is 0 Å². The number of fused-ring (bicyclic) bond motifs is 1. The first-order chi connectivity index (χ1) is 5.31. The number of carbonyl (C=O) groups is 1. The number of Topliss-reactive ketones (excluding diaryl/α,β-unsaturated/α-hetero) is 1. The first kappa shape index (κ1) is 7.04. The van der Waals surface area contributed by atoms with Crippen molar-refractivity contribution in [2.75, 3.05) is 6.61 Å². The van der Waals surface area contributed by atoms with Gasteiger partial charge in [-0.1, -0.05) is 6.08 Å². The van der Waals surface area contributed by atoms with Crippen LogP contribution in [0.4, 0.5) is 0 Å². The first-order valence-corrected chi connectivity index (χ1v) is 4.09. The van der Waals surface area contributed by atoms with Crippen LogP contribution in [-0.4, -0.2) is 18.5 Å². The molecular formula is C9H12O2. The zero-order valence-corrected chi connectivity index (χ0v) is 6.67. The van der Waals surface area contributed by atoms with E-state index in [1.54, 1.807) is 0 Å². The molecule has 1 aliphatic heterocycles. The van der Waals surface area contributed by atoms with Crippen LogP contribution in [0.3, 0.4) is 0 Å². The third-order valence-corrected chi connectivity index (χ3v) is 2.64. The molecular weight excluding hydrogens is 140 g/mol. The smallest absolute Gasteiger partial charge is 0.136 e. The van der Waals surface area contributed by atoms with E-state index in [4.69, 9.17) is 4.74 Å². The maximum atomic E-state index is 11.0. The zero-order valence-electron chi connectivity index (χ0n) is 6.67. The molecule has 1 saturated carbocycles. The molecule has 2 heteroatoms. The molecule has 0 aromatic rings. The predicted octanol–water partition coefficient (Wildman–Crippen LogP) is 1.31. The van der Waals surface area contributed by atoms with Gasteiger partial charge in [-0.05, 0) is 12.5 Å². The maximum Gasteiger partial charge on any atom is 0.136 e. The van der Waals surface area contributed by atoms with E-state index in [0.717, 1.165) is 6.61 Å². The highest BCUT2D eigenvalue weighted by molar-refractivity contribution is 5.82. The normalized spacial score (nSPS) is 40.1. The topological polar surface area (TPSA) is 26.3 Å². The summed E-state index contributed by atoms with van der Waals surface area (Å²) < 4.78 is 5.46. The SMILES string of the molecule is C/C=C1/COC2CC(=O)CC12. The second-order valence-corrected chi connectivity index (χ2v) is 3.27. The molecule has 0 radical (unpaired) electrons. The Morgan fingerprint density at radius 1 is 1.55 bits per heavy atom. The Hall–Kier alpha value is -0.630. The average Bonchev–Trinajstić information content (AvgIpc) is 2.45. The highest BCUT2D eigenvalue weighted by Gasteiger charge is 2.40. The number of hydrogen-bond acceptors (Lipinski definition) is 2. The van der Waals surface area contributed by atoms with Crippen molar-refractivity contribution < 1.29 is 9.53 Å². The molecule has 0 aromatic carbocycles. The van der Waals surface area contributed by atoms with E-state index in [1.807, 2.05) is 6.92 Å². The molecule has 1 saturated heterocycles. The Kier molecular flexibility index (Phi) is 1.57. The van der Waals surface area contributed by atoms with Crippen LogP contribution in [0.25, 0.3) is 0 Å². The molecule has 0 bridgehead atoms. The summed E-state index contributed by atoms with van der Waals surface area (Å²) in [5.41, 5.74) is 1.32. The standard InChI is InChI=1S/C9H12O2/c1-2-6-5-11-9-4-7(10)3-8(6)9/h2,8-9H,3-5H2,1H3/b6-2-. The van der Waals surface area contributed by atoms with Gasteiger partial charge in [0.2, 0.25) is 0 Å². The monoisotopic (exact) mass is 152 g/mol. The lowest BCUT2D eigenvalue weighted by molar-refractivity contribution is -0.118. The Morgan fingerprint density at radius 2 is 2.36 bits per heavy atom. The van der Waals surface area contributed by atoms with Gasteiger partial charge in [0.25, 0.3) is 0 Å². The van der Waals surface area contributed by atoms with Crippen LogP contribution < -0.4 is 0 Å². The van der Waals surface area contributed by atoms with Crippen LogP contribution in [0.15, 0.2) is 11.6 Å². The van der Waals surface area contributed by atoms with Gasteiger partial charge in [0.1, 0.15) is 5.78 Å². The number of hydrogen-bond donors (Lipinski definition) is 0. The number of ketones is 1. The van der Waals surface area contributed by atoms with Gasteiger partial charge in [-0.2, -0.15) is 0 Å². The van der Waals surface area contributed by atoms with Crippen molar-refractivity contribution >= 4 is 5.78 Å². The van der Waals surface area contributed by atoms with Gasteiger partial charge in [0, 0.05) is 18.8 Å². The van der Waals surface area contributed by atoms with Crippen molar-refractivity contribution in [3.05, 3.63) is 11.6 Å². The first-order valence-electron chi connectivity index (χ1n) is 4.09. The lowest BCUT2D eigenvalue weighted by Crippen LogP contribution is -2.07. The summed E-state index contributed by atoms with van der Waals surface area (Å²) in [7, 11) is 0. The lowest BCUT2D eigenvalue weighted by atomic mass is 9.99. The van der Waals surface area contributed by atoms with Gasteiger partial charge >= 0.3 is 0 Å². The summed E-state index contributed by atoms with van der Waals surface area (Å²) in [4.78, 5) is 11.0. The Labute approximate surface area is 66.2 Å². The molecule has 2 rings (SSSR count). The van der Waals surface area contributed by atoms with Gasteiger partial charge in [0.15, 0.2) is 0 Å². The summed E-state index contributed by atoms with van der Waals surface area (Å²) >= 11 is 0. The summed E-state index contributed by atoms with van der Waals surface area (Å²) in [5.74, 6) is 0.784. The fourth-order valence-electron chi connectivity index (χ4n) is 1.98. The lowest BCUT2D eigenvalue weighted by Gasteiger charge is -2.04. The number of ether oxygens (including phenoxy) is 1. The molecule has 2 fully saturated rings. The van der Waals surface area contributed by atoms with Crippen LogP contribution in [0, 0.1) is 5.92 Å². The van der Waals surface area contributed by atoms with Crippen LogP contribution in [-0.2, 0) is 9.53 Å². The van der Waals surface area contributed by atoms with Crippen LogP contribution in [0.2, 0.25) is 0 Å². The fraction of sp³-hybridized carbons (Fsp3) is 0.667. The summed E-state index contributed by atoms with van der Waals surface area (Å²) in [5, 5.41) is 0. The van der Waals surface area contributed by atoms with E-state index in [9.17, 15) is 4.79 Å². The van der Waals surface area contributed by atoms with Gasteiger partial charge in [-0.3, -0.25) is 4.79 Å². The van der Waals surface area contributed by atoms with Crippen molar-refractivity contribution in [1.29, 1.82) is 0 Å². The second-order valence-electron chi connectivity index (χ2n) is 3.27. The number of rotatable bonds is 0. The van der Waals surface area contributed by atoms with Gasteiger partial charge < -0.3 is 4.74 Å². The highest BCUT2D eigenvalue weighted by atomic mass is 16.5. The zero-order chi connectivity index (χ0) is 7.84. The Morgan fingerprint density at radius 3 is 3.09 bits per heavy atom. The van der Waals surface area contributed by atoms with Gasteiger partial charge in [0.05, 0.1) is 12.7 Å².